The van der Waals surface area contributed by atoms with Crippen LogP contribution in [0.1, 0.15) is 44.7 Å². The van der Waals surface area contributed by atoms with Crippen LogP contribution in [0.4, 0.5) is 0 Å². The maximum absolute atomic E-state index is 5.51. The molecule has 19 heavy (non-hydrogen) atoms. The van der Waals surface area contributed by atoms with Crippen LogP contribution in [-0.4, -0.2) is 25.3 Å². The highest BCUT2D eigenvalue weighted by atomic mass is 16.5. The van der Waals surface area contributed by atoms with Crippen molar-refractivity contribution in [3.63, 3.8) is 0 Å². The minimum absolute atomic E-state index is 0.0284. The Hall–Kier alpha value is -0.860. The number of rotatable bonds is 8. The van der Waals surface area contributed by atoms with Gasteiger partial charge >= 0.3 is 0 Å². The molecule has 0 aromatic heterocycles. The summed E-state index contributed by atoms with van der Waals surface area (Å²) in [5, 5.41) is 3.60. The number of benzene rings is 1. The predicted molar refractivity (Wildman–Crippen MR) is 82.7 cm³/mol. The lowest BCUT2D eigenvalue weighted by atomic mass is 9.93. The molecule has 108 valence electrons. The Morgan fingerprint density at radius 3 is 2.53 bits per heavy atom. The summed E-state index contributed by atoms with van der Waals surface area (Å²) in [5.41, 5.74) is 2.81. The maximum Gasteiger partial charge on any atom is 0.0623 e. The lowest BCUT2D eigenvalue weighted by Gasteiger charge is -2.26. The quantitative estimate of drug-likeness (QED) is 0.772. The number of nitrogens with one attached hydrogen (secondary N) is 1. The van der Waals surface area contributed by atoms with E-state index in [1.807, 2.05) is 0 Å². The second-order valence-electron chi connectivity index (χ2n) is 5.89. The van der Waals surface area contributed by atoms with Gasteiger partial charge in [0.05, 0.1) is 5.60 Å². The van der Waals surface area contributed by atoms with E-state index in [-0.39, 0.29) is 5.60 Å². The van der Waals surface area contributed by atoms with Crippen LogP contribution in [-0.2, 0) is 11.2 Å². The van der Waals surface area contributed by atoms with Crippen molar-refractivity contribution < 1.29 is 4.74 Å². The first-order valence-corrected chi connectivity index (χ1v) is 7.31. The van der Waals surface area contributed by atoms with Crippen LogP contribution in [0.2, 0.25) is 0 Å². The van der Waals surface area contributed by atoms with E-state index in [0.717, 1.165) is 25.8 Å². The molecule has 1 atom stereocenters. The normalized spacial score (nSPS) is 13.5. The molecule has 0 spiro atoms. The van der Waals surface area contributed by atoms with Crippen LogP contribution in [0.5, 0.6) is 0 Å². The summed E-state index contributed by atoms with van der Waals surface area (Å²) < 4.78 is 5.51. The Kier molecular flexibility index (Phi) is 6.53. The van der Waals surface area contributed by atoms with E-state index in [0.29, 0.717) is 6.04 Å². The van der Waals surface area contributed by atoms with Gasteiger partial charge in [0.25, 0.3) is 0 Å². The molecular weight excluding hydrogens is 234 g/mol. The first kappa shape index (κ1) is 16.2. The largest absolute Gasteiger partial charge is 0.379 e. The molecule has 2 heteroatoms. The molecule has 1 aromatic carbocycles. The van der Waals surface area contributed by atoms with Gasteiger partial charge in [0, 0.05) is 13.2 Å². The fourth-order valence-electron chi connectivity index (χ4n) is 2.29. The molecule has 0 heterocycles. The molecule has 0 radical (unpaired) electrons. The van der Waals surface area contributed by atoms with E-state index < -0.39 is 0 Å². The third-order valence-electron chi connectivity index (χ3n) is 3.87. The number of hydrogen-bond donors (Lipinski definition) is 1. The van der Waals surface area contributed by atoms with Gasteiger partial charge in [0.15, 0.2) is 0 Å². The lowest BCUT2D eigenvalue weighted by Crippen LogP contribution is -2.34. The zero-order valence-electron chi connectivity index (χ0n) is 13.1. The van der Waals surface area contributed by atoms with Crippen molar-refractivity contribution in [2.75, 3.05) is 13.7 Å². The van der Waals surface area contributed by atoms with Crippen molar-refractivity contribution in [2.24, 2.45) is 0 Å². The molecule has 1 aromatic rings. The molecular formula is C17H29NO. The van der Waals surface area contributed by atoms with Crippen LogP contribution in [0.3, 0.4) is 0 Å². The highest BCUT2D eigenvalue weighted by Crippen LogP contribution is 2.19. The summed E-state index contributed by atoms with van der Waals surface area (Å²) in [6.45, 7) is 9.70. The fraction of sp³-hybridized carbons (Fsp3) is 0.647. The van der Waals surface area contributed by atoms with E-state index >= 15 is 0 Å². The Morgan fingerprint density at radius 1 is 1.26 bits per heavy atom. The molecule has 0 saturated heterocycles. The summed E-state index contributed by atoms with van der Waals surface area (Å²) in [6, 6.07) is 9.19. The van der Waals surface area contributed by atoms with Crippen molar-refractivity contribution >= 4 is 0 Å². The maximum atomic E-state index is 5.51. The molecule has 0 saturated carbocycles. The minimum Gasteiger partial charge on any atom is -0.379 e. The molecule has 0 aliphatic carbocycles. The van der Waals surface area contributed by atoms with Gasteiger partial charge in [0.2, 0.25) is 0 Å². The average molecular weight is 263 g/mol. The topological polar surface area (TPSA) is 21.3 Å². The zero-order valence-corrected chi connectivity index (χ0v) is 13.1. The summed E-state index contributed by atoms with van der Waals surface area (Å²) in [7, 11) is 1.80. The van der Waals surface area contributed by atoms with Gasteiger partial charge < -0.3 is 10.1 Å². The van der Waals surface area contributed by atoms with Gasteiger partial charge in [-0.3, -0.25) is 0 Å². The van der Waals surface area contributed by atoms with Gasteiger partial charge in [-0.1, -0.05) is 31.2 Å². The minimum atomic E-state index is -0.0284. The number of likely N-dealkylation sites (N-methyl/N-ethyl adjacent to an activating group) is 1. The molecule has 0 amide bonds. The van der Waals surface area contributed by atoms with Crippen LogP contribution in [0.25, 0.3) is 0 Å². The van der Waals surface area contributed by atoms with Crippen LogP contribution < -0.4 is 5.32 Å². The first-order valence-electron chi connectivity index (χ1n) is 7.31. The summed E-state index contributed by atoms with van der Waals surface area (Å²) in [6.07, 6.45) is 3.32. The molecule has 1 rings (SSSR count). The van der Waals surface area contributed by atoms with E-state index in [2.05, 4.69) is 57.3 Å². The molecule has 1 unspecified atom stereocenters. The van der Waals surface area contributed by atoms with E-state index in [9.17, 15) is 0 Å². The molecule has 0 aliphatic rings. The SMILES string of the molecule is CCNC(CCC(C)(C)OC)Cc1ccccc1C. The highest BCUT2D eigenvalue weighted by molar-refractivity contribution is 5.26. The Labute approximate surface area is 118 Å². The van der Waals surface area contributed by atoms with Crippen molar-refractivity contribution in [1.29, 1.82) is 0 Å². The summed E-state index contributed by atoms with van der Waals surface area (Å²) in [5.74, 6) is 0. The van der Waals surface area contributed by atoms with Gasteiger partial charge in [0.1, 0.15) is 0 Å². The van der Waals surface area contributed by atoms with Gasteiger partial charge in [-0.05, 0) is 57.7 Å². The van der Waals surface area contributed by atoms with E-state index in [1.165, 1.54) is 11.1 Å². The van der Waals surface area contributed by atoms with E-state index in [4.69, 9.17) is 4.74 Å². The van der Waals surface area contributed by atoms with Gasteiger partial charge in [-0.15, -0.1) is 0 Å². The smallest absolute Gasteiger partial charge is 0.0623 e. The van der Waals surface area contributed by atoms with Crippen LogP contribution in [0.15, 0.2) is 24.3 Å². The Morgan fingerprint density at radius 2 is 1.95 bits per heavy atom. The highest BCUT2D eigenvalue weighted by Gasteiger charge is 2.19. The number of aryl methyl sites for hydroxylation is 1. The van der Waals surface area contributed by atoms with Crippen molar-refractivity contribution in [3.05, 3.63) is 35.4 Å². The predicted octanol–water partition coefficient (Wildman–Crippen LogP) is 3.72. The molecule has 1 N–H and O–H groups in total. The van der Waals surface area contributed by atoms with Crippen LogP contribution >= 0.6 is 0 Å². The third kappa shape index (κ3) is 5.75. The second kappa shape index (κ2) is 7.66. The van der Waals surface area contributed by atoms with Crippen LogP contribution in [0, 0.1) is 6.92 Å². The van der Waals surface area contributed by atoms with Crippen molar-refractivity contribution in [3.8, 4) is 0 Å². The average Bonchev–Trinajstić information content (AvgIpc) is 2.39. The molecule has 0 fully saturated rings. The number of methoxy groups -OCH3 is 1. The van der Waals surface area contributed by atoms with Crippen molar-refractivity contribution in [1.82, 2.24) is 5.32 Å². The number of ether oxygens (including phenoxy) is 1. The summed E-state index contributed by atoms with van der Waals surface area (Å²) >= 11 is 0. The standard InChI is InChI=1S/C17H29NO/c1-6-18-16(11-12-17(3,4)19-5)13-15-10-8-7-9-14(15)2/h7-10,16,18H,6,11-13H2,1-5H3. The zero-order chi connectivity index (χ0) is 14.3. The number of hydrogen-bond acceptors (Lipinski definition) is 2. The Bertz CT molecular complexity index is 373. The lowest BCUT2D eigenvalue weighted by molar-refractivity contribution is 0.0117. The second-order valence-corrected chi connectivity index (χ2v) is 5.89. The monoisotopic (exact) mass is 263 g/mol. The van der Waals surface area contributed by atoms with Gasteiger partial charge in [-0.25, -0.2) is 0 Å². The molecule has 0 aliphatic heterocycles. The molecule has 0 bridgehead atoms. The first-order chi connectivity index (χ1) is 8.98. The third-order valence-corrected chi connectivity index (χ3v) is 3.87. The Balaban J connectivity index is 2.60. The fourth-order valence-corrected chi connectivity index (χ4v) is 2.29. The summed E-state index contributed by atoms with van der Waals surface area (Å²) in [4.78, 5) is 0. The van der Waals surface area contributed by atoms with E-state index in [1.54, 1.807) is 7.11 Å². The van der Waals surface area contributed by atoms with Crippen molar-refractivity contribution in [2.45, 2.75) is 58.6 Å². The van der Waals surface area contributed by atoms with Gasteiger partial charge in [-0.2, -0.15) is 0 Å². The molecule has 2 nitrogen and oxygen atoms in total.